The second-order valence-corrected chi connectivity index (χ2v) is 6.08. The summed E-state index contributed by atoms with van der Waals surface area (Å²) in [7, 11) is 0. The van der Waals surface area contributed by atoms with Gasteiger partial charge in [-0.05, 0) is 56.3 Å². The lowest BCUT2D eigenvalue weighted by molar-refractivity contribution is 0.0955. The van der Waals surface area contributed by atoms with Crippen LogP contribution in [0.5, 0.6) is 5.75 Å². The first-order chi connectivity index (χ1) is 12.5. The maximum absolute atomic E-state index is 12.1. The first-order valence-corrected chi connectivity index (χ1v) is 8.27. The number of rotatable bonds is 4. The number of hydrogen-bond acceptors (Lipinski definition) is 4. The Morgan fingerprint density at radius 3 is 2.69 bits per heavy atom. The summed E-state index contributed by atoms with van der Waals surface area (Å²) in [5.41, 5.74) is 6.50. The van der Waals surface area contributed by atoms with Crippen LogP contribution in [-0.2, 0) is 0 Å². The van der Waals surface area contributed by atoms with E-state index in [2.05, 4.69) is 15.5 Å². The summed E-state index contributed by atoms with van der Waals surface area (Å²) < 4.78 is 2.04. The SMILES string of the molecule is Cc1cc(C=NNC(=O)c2cccnc2Cl)c(C)n1-c1ccc(O)cc1. The van der Waals surface area contributed by atoms with Gasteiger partial charge in [0, 0.05) is 28.8 Å². The van der Waals surface area contributed by atoms with Crippen molar-refractivity contribution in [3.05, 3.63) is 76.3 Å². The number of nitrogens with zero attached hydrogens (tertiary/aromatic N) is 3. The predicted octanol–water partition coefficient (Wildman–Crippen LogP) is 3.61. The zero-order valence-electron chi connectivity index (χ0n) is 14.3. The zero-order valence-corrected chi connectivity index (χ0v) is 15.0. The monoisotopic (exact) mass is 368 g/mol. The Labute approximate surface area is 155 Å². The number of phenolic OH excluding ortho intramolecular Hbond substituents is 1. The summed E-state index contributed by atoms with van der Waals surface area (Å²) in [5, 5.41) is 13.6. The normalized spacial score (nSPS) is 11.0. The molecule has 2 heterocycles. The van der Waals surface area contributed by atoms with Crippen molar-refractivity contribution in [3.63, 3.8) is 0 Å². The number of halogens is 1. The number of benzene rings is 1. The standard InChI is InChI=1S/C19H17ClN4O2/c1-12-10-14(13(2)24(12)15-5-7-16(25)8-6-15)11-22-23-19(26)17-4-3-9-21-18(17)20/h3-11,25H,1-2H3,(H,23,26). The molecule has 0 atom stereocenters. The highest BCUT2D eigenvalue weighted by Gasteiger charge is 2.11. The summed E-state index contributed by atoms with van der Waals surface area (Å²) in [6.07, 6.45) is 3.10. The van der Waals surface area contributed by atoms with Crippen molar-refractivity contribution in [1.29, 1.82) is 0 Å². The Kier molecular flexibility index (Phi) is 5.04. The van der Waals surface area contributed by atoms with Crippen molar-refractivity contribution in [3.8, 4) is 11.4 Å². The first kappa shape index (κ1) is 17.7. The van der Waals surface area contributed by atoms with Crippen molar-refractivity contribution in [2.75, 3.05) is 0 Å². The highest BCUT2D eigenvalue weighted by molar-refractivity contribution is 6.32. The third-order valence-corrected chi connectivity index (χ3v) is 4.25. The molecule has 0 saturated heterocycles. The minimum Gasteiger partial charge on any atom is -0.508 e. The molecular formula is C19H17ClN4O2. The van der Waals surface area contributed by atoms with Gasteiger partial charge in [-0.1, -0.05) is 11.6 Å². The average molecular weight is 369 g/mol. The lowest BCUT2D eigenvalue weighted by Gasteiger charge is -2.09. The molecular weight excluding hydrogens is 352 g/mol. The van der Waals surface area contributed by atoms with Gasteiger partial charge >= 0.3 is 0 Å². The van der Waals surface area contributed by atoms with E-state index in [0.29, 0.717) is 0 Å². The molecule has 2 N–H and O–H groups in total. The van der Waals surface area contributed by atoms with Gasteiger partial charge in [0.1, 0.15) is 10.9 Å². The summed E-state index contributed by atoms with van der Waals surface area (Å²) in [6.45, 7) is 3.94. The summed E-state index contributed by atoms with van der Waals surface area (Å²) in [5.74, 6) is -0.207. The van der Waals surface area contributed by atoms with Crippen LogP contribution < -0.4 is 5.43 Å². The fraction of sp³-hybridized carbons (Fsp3) is 0.105. The molecule has 0 unspecified atom stereocenters. The fourth-order valence-electron chi connectivity index (χ4n) is 2.69. The molecule has 0 spiro atoms. The topological polar surface area (TPSA) is 79.5 Å². The van der Waals surface area contributed by atoms with E-state index in [9.17, 15) is 9.90 Å². The summed E-state index contributed by atoms with van der Waals surface area (Å²) in [6, 6.07) is 12.1. The molecule has 1 amide bonds. The van der Waals surface area contributed by atoms with Crippen LogP contribution in [0.1, 0.15) is 27.3 Å². The van der Waals surface area contributed by atoms with E-state index in [1.54, 1.807) is 30.5 Å². The van der Waals surface area contributed by atoms with E-state index in [0.717, 1.165) is 22.6 Å². The van der Waals surface area contributed by atoms with Crippen molar-refractivity contribution >= 4 is 23.7 Å². The molecule has 0 aliphatic rings. The van der Waals surface area contributed by atoms with Crippen LogP contribution in [0, 0.1) is 13.8 Å². The minimum absolute atomic E-state index is 0.130. The van der Waals surface area contributed by atoms with Crippen molar-refractivity contribution in [2.24, 2.45) is 5.10 Å². The van der Waals surface area contributed by atoms with Gasteiger partial charge in [0.2, 0.25) is 0 Å². The van der Waals surface area contributed by atoms with E-state index in [-0.39, 0.29) is 16.5 Å². The Balaban J connectivity index is 1.79. The number of hydrogen-bond donors (Lipinski definition) is 2. The van der Waals surface area contributed by atoms with E-state index in [1.807, 2.05) is 36.6 Å². The molecule has 0 radical (unpaired) electrons. The maximum atomic E-state index is 12.1. The van der Waals surface area contributed by atoms with Crippen LogP contribution in [-0.4, -0.2) is 26.8 Å². The van der Waals surface area contributed by atoms with Crippen molar-refractivity contribution in [1.82, 2.24) is 15.0 Å². The molecule has 0 aliphatic heterocycles. The number of carbonyl (C=O) groups excluding carboxylic acids is 1. The van der Waals surface area contributed by atoms with Crippen LogP contribution in [0.25, 0.3) is 5.69 Å². The number of hydrazone groups is 1. The third-order valence-electron chi connectivity index (χ3n) is 3.95. The van der Waals surface area contributed by atoms with E-state index < -0.39 is 5.91 Å². The van der Waals surface area contributed by atoms with Gasteiger partial charge in [-0.3, -0.25) is 4.79 Å². The molecule has 0 bridgehead atoms. The molecule has 2 aromatic heterocycles. The zero-order chi connectivity index (χ0) is 18.7. The molecule has 3 rings (SSSR count). The lowest BCUT2D eigenvalue weighted by Crippen LogP contribution is -2.18. The molecule has 132 valence electrons. The van der Waals surface area contributed by atoms with Gasteiger partial charge in [0.25, 0.3) is 5.91 Å². The highest BCUT2D eigenvalue weighted by atomic mass is 35.5. The molecule has 6 nitrogen and oxygen atoms in total. The molecule has 3 aromatic rings. The number of aromatic nitrogens is 2. The van der Waals surface area contributed by atoms with Gasteiger partial charge in [-0.15, -0.1) is 0 Å². The van der Waals surface area contributed by atoms with Crippen molar-refractivity contribution < 1.29 is 9.90 Å². The van der Waals surface area contributed by atoms with Gasteiger partial charge in [-0.2, -0.15) is 5.10 Å². The Morgan fingerprint density at radius 2 is 2.00 bits per heavy atom. The van der Waals surface area contributed by atoms with Gasteiger partial charge in [-0.25, -0.2) is 10.4 Å². The number of pyridine rings is 1. The summed E-state index contributed by atoms with van der Waals surface area (Å²) in [4.78, 5) is 16.0. The first-order valence-electron chi connectivity index (χ1n) is 7.89. The molecule has 0 aliphatic carbocycles. The average Bonchev–Trinajstić information content (AvgIpc) is 2.90. The molecule has 0 saturated carbocycles. The van der Waals surface area contributed by atoms with Crippen LogP contribution in [0.3, 0.4) is 0 Å². The third kappa shape index (κ3) is 3.60. The second-order valence-electron chi connectivity index (χ2n) is 5.72. The maximum Gasteiger partial charge on any atom is 0.274 e. The number of aryl methyl sites for hydroxylation is 1. The number of carbonyl (C=O) groups is 1. The Hall–Kier alpha value is -3.12. The Bertz CT molecular complexity index is 978. The van der Waals surface area contributed by atoms with Crippen LogP contribution in [0.15, 0.2) is 53.8 Å². The molecule has 0 fully saturated rings. The predicted molar refractivity (Wildman–Crippen MR) is 101 cm³/mol. The lowest BCUT2D eigenvalue weighted by atomic mass is 10.2. The Morgan fingerprint density at radius 1 is 1.27 bits per heavy atom. The van der Waals surface area contributed by atoms with Gasteiger partial charge < -0.3 is 9.67 Å². The minimum atomic E-state index is -0.424. The molecule has 26 heavy (non-hydrogen) atoms. The smallest absolute Gasteiger partial charge is 0.274 e. The number of nitrogens with one attached hydrogen (secondary N) is 1. The van der Waals surface area contributed by atoms with E-state index >= 15 is 0 Å². The van der Waals surface area contributed by atoms with E-state index in [1.165, 1.54) is 6.20 Å². The van der Waals surface area contributed by atoms with Crippen LogP contribution >= 0.6 is 11.6 Å². The summed E-state index contributed by atoms with van der Waals surface area (Å²) >= 11 is 5.90. The van der Waals surface area contributed by atoms with Gasteiger partial charge in [0.05, 0.1) is 11.8 Å². The van der Waals surface area contributed by atoms with Crippen LogP contribution in [0.2, 0.25) is 5.15 Å². The second kappa shape index (κ2) is 7.41. The fourth-order valence-corrected chi connectivity index (χ4v) is 2.90. The number of amides is 1. The van der Waals surface area contributed by atoms with Gasteiger partial charge in [0.15, 0.2) is 0 Å². The van der Waals surface area contributed by atoms with Crippen LogP contribution in [0.4, 0.5) is 0 Å². The molecule has 1 aromatic carbocycles. The highest BCUT2D eigenvalue weighted by Crippen LogP contribution is 2.21. The van der Waals surface area contributed by atoms with Crippen molar-refractivity contribution in [2.45, 2.75) is 13.8 Å². The number of phenols is 1. The van der Waals surface area contributed by atoms with E-state index in [4.69, 9.17) is 11.6 Å². The molecule has 7 heteroatoms. The number of aromatic hydroxyl groups is 1. The quantitative estimate of drug-likeness (QED) is 0.419. The largest absolute Gasteiger partial charge is 0.508 e.